The third-order valence-electron chi connectivity index (χ3n) is 4.60. The number of hydrogen-bond acceptors (Lipinski definition) is 5. The molecule has 160 valence electrons. The van der Waals surface area contributed by atoms with Gasteiger partial charge in [0.25, 0.3) is 5.91 Å². The van der Waals surface area contributed by atoms with Crippen molar-refractivity contribution in [3.8, 4) is 11.6 Å². The quantitative estimate of drug-likeness (QED) is 0.527. The first kappa shape index (κ1) is 22.2. The van der Waals surface area contributed by atoms with E-state index in [1.807, 2.05) is 0 Å². The van der Waals surface area contributed by atoms with Crippen molar-refractivity contribution in [3.63, 3.8) is 0 Å². The highest BCUT2D eigenvalue weighted by Gasteiger charge is 2.19. The van der Waals surface area contributed by atoms with Crippen LogP contribution in [0.4, 0.5) is 4.39 Å². The van der Waals surface area contributed by atoms with Crippen LogP contribution in [-0.2, 0) is 4.74 Å². The maximum Gasteiger partial charge on any atom is 0.337 e. The lowest BCUT2D eigenvalue weighted by Gasteiger charge is -2.16. The van der Waals surface area contributed by atoms with E-state index in [1.54, 1.807) is 50.2 Å². The number of hydrogen-bond donors (Lipinski definition) is 1. The number of ether oxygens (including phenoxy) is 2. The van der Waals surface area contributed by atoms with Crippen LogP contribution >= 0.6 is 11.6 Å². The van der Waals surface area contributed by atoms with Crippen LogP contribution in [0.2, 0.25) is 5.02 Å². The molecule has 0 aliphatic heterocycles. The lowest BCUT2D eigenvalue weighted by molar-refractivity contribution is 0.0600. The van der Waals surface area contributed by atoms with Gasteiger partial charge in [-0.25, -0.2) is 14.2 Å². The van der Waals surface area contributed by atoms with Crippen LogP contribution < -0.4 is 10.1 Å². The molecule has 0 bridgehead atoms. The molecule has 2 aromatic carbocycles. The topological polar surface area (TPSA) is 77.5 Å². The first-order valence-electron chi connectivity index (χ1n) is 9.37. The van der Waals surface area contributed by atoms with E-state index in [1.165, 1.54) is 25.4 Å². The number of nitrogens with one attached hydrogen (secondary N) is 1. The predicted octanol–water partition coefficient (Wildman–Crippen LogP) is 5.25. The van der Waals surface area contributed by atoms with Crippen LogP contribution in [0.5, 0.6) is 11.6 Å². The molecule has 3 rings (SSSR count). The Morgan fingerprint density at radius 3 is 2.48 bits per heavy atom. The molecule has 0 spiro atoms. The van der Waals surface area contributed by atoms with Gasteiger partial charge in [-0.2, -0.15) is 0 Å². The van der Waals surface area contributed by atoms with Crippen molar-refractivity contribution in [1.29, 1.82) is 0 Å². The van der Waals surface area contributed by atoms with E-state index in [0.29, 0.717) is 11.1 Å². The fourth-order valence-corrected chi connectivity index (χ4v) is 2.96. The van der Waals surface area contributed by atoms with Gasteiger partial charge in [0.1, 0.15) is 17.1 Å². The Bertz CT molecular complexity index is 1120. The fourth-order valence-electron chi connectivity index (χ4n) is 2.80. The van der Waals surface area contributed by atoms with Gasteiger partial charge in [-0.05, 0) is 49.2 Å². The molecule has 0 saturated carbocycles. The van der Waals surface area contributed by atoms with Crippen molar-refractivity contribution in [1.82, 2.24) is 10.3 Å². The van der Waals surface area contributed by atoms with Gasteiger partial charge < -0.3 is 14.8 Å². The minimum Gasteiger partial charge on any atom is -0.465 e. The SMILES string of the molecule is COC(=O)c1ccc([C@H](C)NC(=O)c2cc(Cl)cnc2Oc2ccc(C)c(F)c2)cc1. The molecule has 1 atom stereocenters. The molecule has 0 aliphatic carbocycles. The average Bonchev–Trinajstić information content (AvgIpc) is 2.77. The molecular formula is C23H20ClFN2O4. The molecule has 6 nitrogen and oxygen atoms in total. The van der Waals surface area contributed by atoms with E-state index in [-0.39, 0.29) is 28.3 Å². The summed E-state index contributed by atoms with van der Waals surface area (Å²) < 4.78 is 24.2. The third-order valence-corrected chi connectivity index (χ3v) is 4.81. The summed E-state index contributed by atoms with van der Waals surface area (Å²) >= 11 is 6.02. The zero-order chi connectivity index (χ0) is 22.5. The number of nitrogens with zero attached hydrogens (tertiary/aromatic N) is 1. The molecule has 1 amide bonds. The van der Waals surface area contributed by atoms with Crippen molar-refractivity contribution < 1.29 is 23.5 Å². The highest BCUT2D eigenvalue weighted by Crippen LogP contribution is 2.27. The Kier molecular flexibility index (Phi) is 6.87. The Morgan fingerprint density at radius 2 is 1.84 bits per heavy atom. The molecule has 1 N–H and O–H groups in total. The number of carbonyl (C=O) groups excluding carboxylic acids is 2. The van der Waals surface area contributed by atoms with E-state index in [9.17, 15) is 14.0 Å². The van der Waals surface area contributed by atoms with E-state index in [2.05, 4.69) is 15.0 Å². The normalized spacial score (nSPS) is 11.5. The van der Waals surface area contributed by atoms with Gasteiger partial charge in [0, 0.05) is 12.3 Å². The Labute approximate surface area is 184 Å². The minimum atomic E-state index is -0.470. The van der Waals surface area contributed by atoms with Crippen LogP contribution in [0, 0.1) is 12.7 Å². The number of rotatable bonds is 6. The molecule has 0 radical (unpaired) electrons. The number of amides is 1. The van der Waals surface area contributed by atoms with Gasteiger partial charge in [0.2, 0.25) is 5.88 Å². The van der Waals surface area contributed by atoms with Crippen molar-refractivity contribution in [2.45, 2.75) is 19.9 Å². The maximum atomic E-state index is 13.8. The predicted molar refractivity (Wildman–Crippen MR) is 114 cm³/mol. The van der Waals surface area contributed by atoms with E-state index in [4.69, 9.17) is 16.3 Å². The van der Waals surface area contributed by atoms with Crippen LogP contribution in [-0.4, -0.2) is 24.0 Å². The summed E-state index contributed by atoms with van der Waals surface area (Å²) in [6.45, 7) is 3.43. The number of esters is 1. The van der Waals surface area contributed by atoms with Gasteiger partial charge in [-0.1, -0.05) is 29.8 Å². The lowest BCUT2D eigenvalue weighted by Crippen LogP contribution is -2.27. The van der Waals surface area contributed by atoms with Gasteiger partial charge in [0.05, 0.1) is 23.7 Å². The van der Waals surface area contributed by atoms with Crippen LogP contribution in [0.3, 0.4) is 0 Å². The molecule has 3 aromatic rings. The molecule has 31 heavy (non-hydrogen) atoms. The number of carbonyl (C=O) groups is 2. The van der Waals surface area contributed by atoms with Gasteiger partial charge in [0.15, 0.2) is 0 Å². The van der Waals surface area contributed by atoms with E-state index >= 15 is 0 Å². The molecule has 0 aliphatic rings. The highest BCUT2D eigenvalue weighted by molar-refractivity contribution is 6.30. The molecule has 0 fully saturated rings. The summed E-state index contributed by atoms with van der Waals surface area (Å²) in [4.78, 5) is 28.5. The smallest absolute Gasteiger partial charge is 0.337 e. The summed E-state index contributed by atoms with van der Waals surface area (Å²) in [5.74, 6) is -1.14. The second-order valence-corrected chi connectivity index (χ2v) is 7.26. The van der Waals surface area contributed by atoms with Crippen molar-refractivity contribution >= 4 is 23.5 Å². The van der Waals surface area contributed by atoms with Gasteiger partial charge in [-0.3, -0.25) is 4.79 Å². The summed E-state index contributed by atoms with van der Waals surface area (Å²) in [6, 6.07) is 12.1. The monoisotopic (exact) mass is 442 g/mol. The number of methoxy groups -OCH3 is 1. The summed E-state index contributed by atoms with van der Waals surface area (Å²) in [7, 11) is 1.31. The molecular weight excluding hydrogens is 423 g/mol. The number of benzene rings is 2. The van der Waals surface area contributed by atoms with Gasteiger partial charge >= 0.3 is 5.97 Å². The number of aryl methyl sites for hydroxylation is 1. The molecule has 1 heterocycles. The van der Waals surface area contributed by atoms with E-state index in [0.717, 1.165) is 5.56 Å². The first-order valence-corrected chi connectivity index (χ1v) is 9.75. The second kappa shape index (κ2) is 9.57. The molecule has 1 aromatic heterocycles. The summed E-state index contributed by atoms with van der Waals surface area (Å²) in [5, 5.41) is 3.09. The second-order valence-electron chi connectivity index (χ2n) is 6.83. The molecule has 0 unspecified atom stereocenters. The zero-order valence-corrected chi connectivity index (χ0v) is 17.9. The summed E-state index contributed by atoms with van der Waals surface area (Å²) in [6.07, 6.45) is 1.34. The van der Waals surface area contributed by atoms with E-state index < -0.39 is 17.7 Å². The third kappa shape index (κ3) is 5.38. The lowest BCUT2D eigenvalue weighted by atomic mass is 10.1. The number of pyridine rings is 1. The molecule has 8 heteroatoms. The zero-order valence-electron chi connectivity index (χ0n) is 17.1. The Hall–Kier alpha value is -3.45. The largest absolute Gasteiger partial charge is 0.465 e. The fraction of sp³-hybridized carbons (Fsp3) is 0.174. The Morgan fingerprint density at radius 1 is 1.13 bits per heavy atom. The first-order chi connectivity index (χ1) is 14.8. The van der Waals surface area contributed by atoms with Crippen LogP contribution in [0.25, 0.3) is 0 Å². The van der Waals surface area contributed by atoms with Crippen molar-refractivity contribution in [3.05, 3.63) is 87.8 Å². The van der Waals surface area contributed by atoms with Gasteiger partial charge in [-0.15, -0.1) is 0 Å². The van der Waals surface area contributed by atoms with Crippen molar-refractivity contribution in [2.75, 3.05) is 7.11 Å². The highest BCUT2D eigenvalue weighted by atomic mass is 35.5. The van der Waals surface area contributed by atoms with Crippen LogP contribution in [0.1, 0.15) is 44.8 Å². The number of aromatic nitrogens is 1. The number of halogens is 2. The Balaban J connectivity index is 1.79. The molecule has 0 saturated heterocycles. The van der Waals surface area contributed by atoms with Crippen molar-refractivity contribution in [2.24, 2.45) is 0 Å². The standard InChI is InChI=1S/C23H20ClFN2O4/c1-13-4-9-18(11-20(13)25)31-22-19(10-17(24)12-26-22)21(28)27-14(2)15-5-7-16(8-6-15)23(29)30-3/h4-12,14H,1-3H3,(H,27,28)/t14-/m0/s1. The minimum absolute atomic E-state index is 0.00149. The summed E-state index contributed by atoms with van der Waals surface area (Å²) in [5.41, 5.74) is 1.76. The van der Waals surface area contributed by atoms with Crippen LogP contribution in [0.15, 0.2) is 54.7 Å². The average molecular weight is 443 g/mol. The maximum absolute atomic E-state index is 13.8.